The lowest BCUT2D eigenvalue weighted by atomic mass is 10.1. The number of carbonyl (C=O) groups excluding carboxylic acids is 1. The Balaban J connectivity index is 1.42. The summed E-state index contributed by atoms with van der Waals surface area (Å²) in [5, 5.41) is 11.2. The normalized spacial score (nSPS) is 25.0. The van der Waals surface area contributed by atoms with Gasteiger partial charge in [-0.05, 0) is 18.6 Å². The van der Waals surface area contributed by atoms with E-state index >= 15 is 0 Å². The Morgan fingerprint density at radius 3 is 2.92 bits per heavy atom. The number of likely N-dealkylation sites (tertiary alicyclic amines) is 1. The van der Waals surface area contributed by atoms with Crippen molar-refractivity contribution in [2.45, 2.75) is 30.8 Å². The van der Waals surface area contributed by atoms with E-state index in [9.17, 15) is 18.0 Å². The molecule has 2 aliphatic heterocycles. The third kappa shape index (κ3) is 3.31. The molecule has 2 aromatic rings. The van der Waals surface area contributed by atoms with Gasteiger partial charge in [-0.3, -0.25) is 4.79 Å². The molecular weight excluding hydrogens is 347 g/mol. The highest BCUT2D eigenvalue weighted by Gasteiger charge is 2.43. The number of carbonyl (C=O) groups is 1. The second-order valence-corrected chi connectivity index (χ2v) is 6.81. The van der Waals surface area contributed by atoms with Gasteiger partial charge < -0.3 is 10.2 Å². The van der Waals surface area contributed by atoms with Gasteiger partial charge in [-0.25, -0.2) is 17.9 Å². The Labute approximate surface area is 148 Å². The van der Waals surface area contributed by atoms with Gasteiger partial charge in [0, 0.05) is 25.1 Å². The molecular formula is C17H18F3N5O. The van der Waals surface area contributed by atoms with Crippen molar-refractivity contribution in [2.75, 3.05) is 19.6 Å². The highest BCUT2D eigenvalue weighted by Crippen LogP contribution is 2.29. The molecule has 6 nitrogen and oxygen atoms in total. The minimum Gasteiger partial charge on any atom is -0.335 e. The maximum atomic E-state index is 13.3. The fraction of sp³-hybridized carbons (Fsp3) is 0.471. The molecule has 1 aromatic heterocycles. The molecule has 0 radical (unpaired) electrons. The number of nitrogens with one attached hydrogen (secondary N) is 1. The number of alkyl halides is 2. The van der Waals surface area contributed by atoms with Gasteiger partial charge in [-0.1, -0.05) is 17.3 Å². The molecule has 0 unspecified atom stereocenters. The highest BCUT2D eigenvalue weighted by molar-refractivity contribution is 5.82. The average Bonchev–Trinajstić information content (AvgIpc) is 3.33. The molecule has 0 spiro atoms. The second kappa shape index (κ2) is 6.39. The van der Waals surface area contributed by atoms with Crippen molar-refractivity contribution in [3.05, 3.63) is 36.3 Å². The Morgan fingerprint density at radius 2 is 2.19 bits per heavy atom. The third-order valence-corrected chi connectivity index (χ3v) is 4.89. The standard InChI is InChI=1S/C17H18F3N5O/c18-12-3-1-2-11(6-12)15-9-25(23-22-15)13-7-14(21-8-13)16(26)24-5-4-17(19,20)10-24/h1-3,6,9,13-14,21H,4-5,7-8,10H2/t13-,14-/m0/s1. The van der Waals surface area contributed by atoms with Crippen LogP contribution in [0.3, 0.4) is 0 Å². The average molecular weight is 365 g/mol. The van der Waals surface area contributed by atoms with Crippen LogP contribution in [0.1, 0.15) is 18.9 Å². The number of benzene rings is 1. The van der Waals surface area contributed by atoms with Gasteiger partial charge in [0.15, 0.2) is 0 Å². The molecule has 4 rings (SSSR count). The first-order valence-electron chi connectivity index (χ1n) is 8.49. The molecule has 2 atom stereocenters. The number of rotatable bonds is 3. The predicted molar refractivity (Wildman–Crippen MR) is 87.0 cm³/mol. The Bertz CT molecular complexity index is 824. The maximum absolute atomic E-state index is 13.3. The lowest BCUT2D eigenvalue weighted by Crippen LogP contribution is -2.43. The zero-order valence-electron chi connectivity index (χ0n) is 13.9. The van der Waals surface area contributed by atoms with Crippen LogP contribution in [0.5, 0.6) is 0 Å². The highest BCUT2D eigenvalue weighted by atomic mass is 19.3. The quantitative estimate of drug-likeness (QED) is 0.902. The molecule has 1 amide bonds. The number of aromatic nitrogens is 3. The summed E-state index contributed by atoms with van der Waals surface area (Å²) in [6.07, 6.45) is 1.87. The minimum absolute atomic E-state index is 0.0850. The van der Waals surface area contributed by atoms with E-state index in [0.717, 1.165) is 0 Å². The number of halogens is 3. The summed E-state index contributed by atoms with van der Waals surface area (Å²) in [7, 11) is 0. The van der Waals surface area contributed by atoms with E-state index < -0.39 is 18.5 Å². The molecule has 138 valence electrons. The van der Waals surface area contributed by atoms with E-state index in [-0.39, 0.29) is 30.7 Å². The molecule has 2 aliphatic rings. The van der Waals surface area contributed by atoms with Gasteiger partial charge in [0.2, 0.25) is 5.91 Å². The van der Waals surface area contributed by atoms with Crippen LogP contribution in [-0.2, 0) is 4.79 Å². The largest absolute Gasteiger partial charge is 0.335 e. The van der Waals surface area contributed by atoms with E-state index in [4.69, 9.17) is 0 Å². The zero-order valence-corrected chi connectivity index (χ0v) is 13.9. The summed E-state index contributed by atoms with van der Waals surface area (Å²) >= 11 is 0. The maximum Gasteiger partial charge on any atom is 0.267 e. The van der Waals surface area contributed by atoms with Crippen LogP contribution >= 0.6 is 0 Å². The Kier molecular flexibility index (Phi) is 4.18. The van der Waals surface area contributed by atoms with Crippen molar-refractivity contribution >= 4 is 5.91 Å². The van der Waals surface area contributed by atoms with Crippen LogP contribution in [0.4, 0.5) is 13.2 Å². The topological polar surface area (TPSA) is 63.1 Å². The van der Waals surface area contributed by atoms with Gasteiger partial charge in [-0.15, -0.1) is 5.10 Å². The van der Waals surface area contributed by atoms with E-state index in [1.807, 2.05) is 0 Å². The van der Waals surface area contributed by atoms with Crippen LogP contribution in [0.25, 0.3) is 11.3 Å². The Morgan fingerprint density at radius 1 is 1.35 bits per heavy atom. The van der Waals surface area contributed by atoms with E-state index in [1.54, 1.807) is 23.0 Å². The van der Waals surface area contributed by atoms with Crippen LogP contribution in [0.2, 0.25) is 0 Å². The number of amides is 1. The van der Waals surface area contributed by atoms with Crippen molar-refractivity contribution in [3.63, 3.8) is 0 Å². The van der Waals surface area contributed by atoms with Crippen molar-refractivity contribution in [1.82, 2.24) is 25.2 Å². The molecule has 2 saturated heterocycles. The minimum atomic E-state index is -2.79. The zero-order chi connectivity index (χ0) is 18.3. The summed E-state index contributed by atoms with van der Waals surface area (Å²) in [4.78, 5) is 13.6. The number of hydrogen-bond acceptors (Lipinski definition) is 4. The summed E-state index contributed by atoms with van der Waals surface area (Å²) in [5.41, 5.74) is 1.16. The lowest BCUT2D eigenvalue weighted by molar-refractivity contribution is -0.133. The van der Waals surface area contributed by atoms with Crippen LogP contribution < -0.4 is 5.32 Å². The summed E-state index contributed by atoms with van der Waals surface area (Å²) in [6, 6.07) is 5.46. The van der Waals surface area contributed by atoms with E-state index in [0.29, 0.717) is 24.2 Å². The van der Waals surface area contributed by atoms with Gasteiger partial charge in [0.05, 0.1) is 24.8 Å². The summed E-state index contributed by atoms with van der Waals surface area (Å²) < 4.78 is 41.6. The predicted octanol–water partition coefficient (Wildman–Crippen LogP) is 1.85. The van der Waals surface area contributed by atoms with Gasteiger partial charge >= 0.3 is 0 Å². The first kappa shape index (κ1) is 17.0. The molecule has 3 heterocycles. The molecule has 1 aromatic carbocycles. The van der Waals surface area contributed by atoms with Crippen molar-refractivity contribution in [1.29, 1.82) is 0 Å². The second-order valence-electron chi connectivity index (χ2n) is 6.81. The fourth-order valence-electron chi connectivity index (χ4n) is 3.49. The van der Waals surface area contributed by atoms with Gasteiger partial charge in [0.25, 0.3) is 5.92 Å². The van der Waals surface area contributed by atoms with Crippen molar-refractivity contribution in [3.8, 4) is 11.3 Å². The van der Waals surface area contributed by atoms with Crippen molar-refractivity contribution in [2.24, 2.45) is 0 Å². The SMILES string of the molecule is O=C([C@@H]1C[C@H](n2cc(-c3cccc(F)c3)nn2)CN1)N1CCC(F)(F)C1. The van der Waals surface area contributed by atoms with Gasteiger partial charge in [0.1, 0.15) is 11.5 Å². The number of hydrogen-bond donors (Lipinski definition) is 1. The lowest BCUT2D eigenvalue weighted by Gasteiger charge is -2.20. The Hall–Kier alpha value is -2.42. The smallest absolute Gasteiger partial charge is 0.267 e. The van der Waals surface area contributed by atoms with Crippen LogP contribution in [0, 0.1) is 5.82 Å². The fourth-order valence-corrected chi connectivity index (χ4v) is 3.49. The molecule has 26 heavy (non-hydrogen) atoms. The first-order valence-corrected chi connectivity index (χ1v) is 8.49. The summed E-state index contributed by atoms with van der Waals surface area (Å²) in [5.74, 6) is -3.44. The van der Waals surface area contributed by atoms with E-state index in [1.165, 1.54) is 17.0 Å². The third-order valence-electron chi connectivity index (χ3n) is 4.89. The van der Waals surface area contributed by atoms with Crippen LogP contribution in [-0.4, -0.2) is 57.4 Å². The van der Waals surface area contributed by atoms with Crippen LogP contribution in [0.15, 0.2) is 30.5 Å². The number of nitrogens with zero attached hydrogens (tertiary/aromatic N) is 4. The molecule has 0 aliphatic carbocycles. The molecule has 0 bridgehead atoms. The summed E-state index contributed by atoms with van der Waals surface area (Å²) in [6.45, 7) is 0.0655. The molecule has 1 N–H and O–H groups in total. The molecule has 9 heteroatoms. The monoisotopic (exact) mass is 365 g/mol. The van der Waals surface area contributed by atoms with Crippen molar-refractivity contribution < 1.29 is 18.0 Å². The first-order chi connectivity index (χ1) is 12.4. The molecule has 0 saturated carbocycles. The van der Waals surface area contributed by atoms with Gasteiger partial charge in [-0.2, -0.15) is 0 Å². The molecule has 2 fully saturated rings. The van der Waals surface area contributed by atoms with E-state index in [2.05, 4.69) is 15.6 Å².